The molecule has 0 fully saturated rings. The number of amidine groups is 1. The molecular formula is C16H16N2O4. The van der Waals surface area contributed by atoms with Crippen LogP contribution in [0.15, 0.2) is 59.8 Å². The Hall–Kier alpha value is -3.02. The maximum Gasteiger partial charge on any atom is 0.372 e. The van der Waals surface area contributed by atoms with Crippen LogP contribution in [0.4, 0.5) is 0 Å². The van der Waals surface area contributed by atoms with Gasteiger partial charge in [-0.25, -0.2) is 4.79 Å². The summed E-state index contributed by atoms with van der Waals surface area (Å²) in [6.45, 7) is -0.300. The molecule has 0 unspecified atom stereocenters. The lowest BCUT2D eigenvalue weighted by Crippen LogP contribution is -2.18. The molecule has 0 saturated carbocycles. The van der Waals surface area contributed by atoms with Crippen LogP contribution in [0.3, 0.4) is 0 Å². The van der Waals surface area contributed by atoms with Gasteiger partial charge in [0.15, 0.2) is 23.9 Å². The van der Waals surface area contributed by atoms with E-state index in [1.54, 1.807) is 36.4 Å². The van der Waals surface area contributed by atoms with Gasteiger partial charge < -0.3 is 20.0 Å². The van der Waals surface area contributed by atoms with E-state index in [1.165, 1.54) is 7.11 Å². The van der Waals surface area contributed by atoms with Crippen LogP contribution in [0.25, 0.3) is 0 Å². The van der Waals surface area contributed by atoms with Crippen LogP contribution in [0, 0.1) is 0 Å². The van der Waals surface area contributed by atoms with Gasteiger partial charge in [0, 0.05) is 5.56 Å². The zero-order chi connectivity index (χ0) is 15.8. The third-order valence-electron chi connectivity index (χ3n) is 2.73. The monoisotopic (exact) mass is 300 g/mol. The average Bonchev–Trinajstić information content (AvgIpc) is 2.58. The molecule has 0 heterocycles. The summed E-state index contributed by atoms with van der Waals surface area (Å²) in [6.07, 6.45) is 0. The van der Waals surface area contributed by atoms with E-state index in [4.69, 9.17) is 20.0 Å². The van der Waals surface area contributed by atoms with Crippen LogP contribution < -0.4 is 15.2 Å². The van der Waals surface area contributed by atoms with E-state index in [0.717, 1.165) is 0 Å². The highest BCUT2D eigenvalue weighted by molar-refractivity contribution is 5.97. The molecular weight excluding hydrogens is 284 g/mol. The van der Waals surface area contributed by atoms with Gasteiger partial charge in [-0.3, -0.25) is 0 Å². The molecule has 2 rings (SSSR count). The van der Waals surface area contributed by atoms with Gasteiger partial charge in [0.25, 0.3) is 0 Å². The van der Waals surface area contributed by atoms with Crippen molar-refractivity contribution in [1.29, 1.82) is 0 Å². The number of oxime groups is 1. The van der Waals surface area contributed by atoms with Gasteiger partial charge in [-0.2, -0.15) is 0 Å². The lowest BCUT2D eigenvalue weighted by atomic mass is 10.2. The molecule has 0 amide bonds. The fourth-order valence-electron chi connectivity index (χ4n) is 1.66. The molecule has 2 aromatic rings. The lowest BCUT2D eigenvalue weighted by Gasteiger charge is -2.08. The third-order valence-corrected chi connectivity index (χ3v) is 2.73. The summed E-state index contributed by atoms with van der Waals surface area (Å²) in [5.41, 5.74) is 6.38. The fraction of sp³-hybridized carbons (Fsp3) is 0.125. The van der Waals surface area contributed by atoms with Crippen LogP contribution in [0.2, 0.25) is 0 Å². The van der Waals surface area contributed by atoms with Gasteiger partial charge in [0.2, 0.25) is 0 Å². The predicted octanol–water partition coefficient (Wildman–Crippen LogP) is 1.94. The average molecular weight is 300 g/mol. The molecule has 0 aliphatic rings. The normalized spacial score (nSPS) is 10.9. The van der Waals surface area contributed by atoms with Crippen molar-refractivity contribution in [3.8, 4) is 11.5 Å². The van der Waals surface area contributed by atoms with Crippen LogP contribution in [-0.4, -0.2) is 25.5 Å². The van der Waals surface area contributed by atoms with Gasteiger partial charge in [-0.1, -0.05) is 47.6 Å². The summed E-state index contributed by atoms with van der Waals surface area (Å²) in [5, 5.41) is 3.58. The molecule has 0 atom stereocenters. The first-order chi connectivity index (χ1) is 10.7. The van der Waals surface area contributed by atoms with Crippen molar-refractivity contribution < 1.29 is 19.1 Å². The molecule has 0 spiro atoms. The molecule has 0 aliphatic carbocycles. The number of ether oxygens (including phenoxy) is 2. The van der Waals surface area contributed by atoms with Gasteiger partial charge in [0.1, 0.15) is 0 Å². The first kappa shape index (κ1) is 15.4. The fourth-order valence-corrected chi connectivity index (χ4v) is 1.66. The Balaban J connectivity index is 1.88. The molecule has 0 aromatic heterocycles. The standard InChI is InChI=1S/C16H16N2O4/c1-20-13-9-5-6-10-14(13)21-11-15(19)22-18-16(17)12-7-3-2-4-8-12/h2-10H,11H2,1H3,(H2,17,18). The highest BCUT2D eigenvalue weighted by Crippen LogP contribution is 2.25. The van der Waals surface area contributed by atoms with E-state index in [-0.39, 0.29) is 12.4 Å². The summed E-state index contributed by atoms with van der Waals surface area (Å²) in [6, 6.07) is 16.0. The van der Waals surface area contributed by atoms with Crippen molar-refractivity contribution in [1.82, 2.24) is 0 Å². The van der Waals surface area contributed by atoms with Crippen molar-refractivity contribution in [2.75, 3.05) is 13.7 Å². The van der Waals surface area contributed by atoms with Gasteiger partial charge in [0.05, 0.1) is 7.11 Å². The van der Waals surface area contributed by atoms with E-state index >= 15 is 0 Å². The second-order valence-corrected chi connectivity index (χ2v) is 4.25. The highest BCUT2D eigenvalue weighted by Gasteiger charge is 2.08. The van der Waals surface area contributed by atoms with Crippen LogP contribution in [0.1, 0.15) is 5.56 Å². The zero-order valence-electron chi connectivity index (χ0n) is 12.1. The van der Waals surface area contributed by atoms with Crippen molar-refractivity contribution in [2.24, 2.45) is 10.9 Å². The number of nitrogens with two attached hydrogens (primary N) is 1. The van der Waals surface area contributed by atoms with E-state index in [0.29, 0.717) is 17.1 Å². The third kappa shape index (κ3) is 4.24. The van der Waals surface area contributed by atoms with E-state index in [9.17, 15) is 4.79 Å². The number of carbonyl (C=O) groups excluding carboxylic acids is 1. The van der Waals surface area contributed by atoms with Gasteiger partial charge in [-0.15, -0.1) is 0 Å². The summed E-state index contributed by atoms with van der Waals surface area (Å²) < 4.78 is 10.4. The predicted molar refractivity (Wildman–Crippen MR) is 81.7 cm³/mol. The Morgan fingerprint density at radius 3 is 2.36 bits per heavy atom. The largest absolute Gasteiger partial charge is 0.493 e. The maximum absolute atomic E-state index is 11.6. The molecule has 0 bridgehead atoms. The first-order valence-electron chi connectivity index (χ1n) is 6.55. The number of para-hydroxylation sites is 2. The number of benzene rings is 2. The second-order valence-electron chi connectivity index (χ2n) is 4.25. The Morgan fingerprint density at radius 1 is 1.05 bits per heavy atom. The minimum Gasteiger partial charge on any atom is -0.493 e. The SMILES string of the molecule is COc1ccccc1OCC(=O)O/N=C(\N)c1ccccc1. The molecule has 6 nitrogen and oxygen atoms in total. The number of hydrogen-bond acceptors (Lipinski definition) is 5. The van der Waals surface area contributed by atoms with Crippen molar-refractivity contribution in [2.45, 2.75) is 0 Å². The van der Waals surface area contributed by atoms with Crippen LogP contribution in [-0.2, 0) is 9.63 Å². The van der Waals surface area contributed by atoms with E-state index in [2.05, 4.69) is 5.16 Å². The summed E-state index contributed by atoms with van der Waals surface area (Å²) in [4.78, 5) is 16.3. The first-order valence-corrected chi connectivity index (χ1v) is 6.55. The lowest BCUT2D eigenvalue weighted by molar-refractivity contribution is -0.146. The highest BCUT2D eigenvalue weighted by atomic mass is 16.7. The molecule has 22 heavy (non-hydrogen) atoms. The van der Waals surface area contributed by atoms with Gasteiger partial charge >= 0.3 is 5.97 Å². The number of nitrogens with zero attached hydrogens (tertiary/aromatic N) is 1. The quantitative estimate of drug-likeness (QED) is 0.381. The molecule has 0 aliphatic heterocycles. The summed E-state index contributed by atoms with van der Waals surface area (Å²) in [7, 11) is 1.52. The Bertz CT molecular complexity index is 656. The van der Waals surface area contributed by atoms with Crippen molar-refractivity contribution in [3.05, 3.63) is 60.2 Å². The van der Waals surface area contributed by atoms with Crippen LogP contribution in [0.5, 0.6) is 11.5 Å². The number of methoxy groups -OCH3 is 1. The Morgan fingerprint density at radius 2 is 1.68 bits per heavy atom. The minimum absolute atomic E-state index is 0.117. The van der Waals surface area contributed by atoms with Crippen molar-refractivity contribution >= 4 is 11.8 Å². The minimum atomic E-state index is -0.662. The number of carbonyl (C=O) groups is 1. The molecule has 6 heteroatoms. The number of hydrogen-bond donors (Lipinski definition) is 1. The van der Waals surface area contributed by atoms with E-state index < -0.39 is 5.97 Å². The molecule has 2 aromatic carbocycles. The topological polar surface area (TPSA) is 83.1 Å². The summed E-state index contributed by atoms with van der Waals surface area (Å²) in [5.74, 6) is 0.431. The molecule has 0 radical (unpaired) electrons. The van der Waals surface area contributed by atoms with Crippen molar-refractivity contribution in [3.63, 3.8) is 0 Å². The second kappa shape index (κ2) is 7.68. The molecule has 2 N–H and O–H groups in total. The molecule has 0 saturated heterocycles. The van der Waals surface area contributed by atoms with Crippen LogP contribution >= 0.6 is 0 Å². The smallest absolute Gasteiger partial charge is 0.372 e. The Labute approximate surface area is 128 Å². The molecule has 114 valence electrons. The zero-order valence-corrected chi connectivity index (χ0v) is 12.1. The van der Waals surface area contributed by atoms with E-state index in [1.807, 2.05) is 18.2 Å². The number of rotatable bonds is 6. The van der Waals surface area contributed by atoms with Gasteiger partial charge in [-0.05, 0) is 12.1 Å². The summed E-state index contributed by atoms with van der Waals surface area (Å²) >= 11 is 0. The maximum atomic E-state index is 11.6. The Kier molecular flexibility index (Phi) is 5.37.